The van der Waals surface area contributed by atoms with Crippen LogP contribution >= 0.6 is 0 Å². The van der Waals surface area contributed by atoms with E-state index in [4.69, 9.17) is 11.2 Å². The molecule has 1 aliphatic rings. The number of urea groups is 1. The Bertz CT molecular complexity index is 693. The van der Waals surface area contributed by atoms with E-state index in [0.29, 0.717) is 0 Å². The zero-order chi connectivity index (χ0) is 19.1. The van der Waals surface area contributed by atoms with Crippen LogP contribution in [-0.4, -0.2) is 59.7 Å². The van der Waals surface area contributed by atoms with Crippen molar-refractivity contribution < 1.29 is 28.9 Å². The molecule has 1 aromatic rings. The first kappa shape index (κ1) is 19.7. The number of aliphatic hydroxyl groups is 2. The van der Waals surface area contributed by atoms with Gasteiger partial charge in [0.1, 0.15) is 24.1 Å². The minimum absolute atomic E-state index is 0.0510. The van der Waals surface area contributed by atoms with E-state index in [-0.39, 0.29) is 25.2 Å². The fourth-order valence-corrected chi connectivity index (χ4v) is 2.50. The maximum Gasteiger partial charge on any atom is 0.319 e. The predicted molar refractivity (Wildman–Crippen MR) is 90.6 cm³/mol. The molecule has 8 nitrogen and oxygen atoms in total. The van der Waals surface area contributed by atoms with Crippen LogP contribution in [0.1, 0.15) is 6.42 Å². The number of halogens is 1. The third-order valence-electron chi connectivity index (χ3n) is 3.78. The lowest BCUT2D eigenvalue weighted by Crippen LogP contribution is -2.41. The van der Waals surface area contributed by atoms with Gasteiger partial charge in [-0.05, 0) is 18.2 Å². The number of benzene rings is 1. The number of nitrogens with one attached hydrogen (secondary N) is 3. The van der Waals surface area contributed by atoms with E-state index in [1.54, 1.807) is 0 Å². The van der Waals surface area contributed by atoms with Crippen molar-refractivity contribution in [1.82, 2.24) is 10.6 Å². The zero-order valence-electron chi connectivity index (χ0n) is 13.8. The van der Waals surface area contributed by atoms with Gasteiger partial charge in [0.05, 0.1) is 19.1 Å². The number of terminal acetylenes is 1. The van der Waals surface area contributed by atoms with E-state index in [1.807, 2.05) is 0 Å². The molecule has 1 fully saturated rings. The monoisotopic (exact) mass is 365 g/mol. The zero-order valence-corrected chi connectivity index (χ0v) is 13.8. The Morgan fingerprint density at radius 1 is 1.23 bits per heavy atom. The van der Waals surface area contributed by atoms with Gasteiger partial charge in [-0.15, -0.1) is 6.42 Å². The average molecular weight is 365 g/mol. The largest absolute Gasteiger partial charge is 0.388 e. The average Bonchev–Trinajstić information content (AvgIpc) is 2.86. The topological polar surface area (TPSA) is 120 Å². The molecule has 5 N–H and O–H groups in total. The Morgan fingerprint density at radius 2 is 1.96 bits per heavy atom. The molecule has 0 aromatic heterocycles. The smallest absolute Gasteiger partial charge is 0.319 e. The molecule has 140 valence electrons. The standard InChI is InChI=1S/C17H20FN3O5/c1-2-6-19-14(22)8-12-15(23)16(24)13(26-12)9-20-17(25)21-11-5-3-4-10(18)7-11/h1,3-5,7,12-13,15-16,23-24H,6,8-9H2,(H,19,22)(H2,20,21,25). The van der Waals surface area contributed by atoms with E-state index in [0.717, 1.165) is 6.07 Å². The molecule has 1 heterocycles. The van der Waals surface area contributed by atoms with Crippen LogP contribution in [-0.2, 0) is 9.53 Å². The van der Waals surface area contributed by atoms with Crippen molar-refractivity contribution in [2.24, 2.45) is 0 Å². The molecule has 9 heteroatoms. The highest BCUT2D eigenvalue weighted by Gasteiger charge is 2.43. The molecule has 0 bridgehead atoms. The molecular formula is C17H20FN3O5. The van der Waals surface area contributed by atoms with Crippen LogP contribution in [0.4, 0.5) is 14.9 Å². The predicted octanol–water partition coefficient (Wildman–Crippen LogP) is -0.424. The molecule has 3 amide bonds. The third kappa shape index (κ3) is 5.42. The maximum absolute atomic E-state index is 13.1. The quantitative estimate of drug-likeness (QED) is 0.439. The number of amides is 3. The molecule has 4 atom stereocenters. The van der Waals surface area contributed by atoms with Gasteiger partial charge in [0.25, 0.3) is 0 Å². The van der Waals surface area contributed by atoms with Crippen molar-refractivity contribution in [3.05, 3.63) is 30.1 Å². The molecule has 2 rings (SSSR count). The van der Waals surface area contributed by atoms with Gasteiger partial charge in [-0.2, -0.15) is 0 Å². The van der Waals surface area contributed by atoms with Crippen LogP contribution < -0.4 is 16.0 Å². The van der Waals surface area contributed by atoms with Crippen molar-refractivity contribution >= 4 is 17.6 Å². The second kappa shape index (κ2) is 9.15. The molecular weight excluding hydrogens is 345 g/mol. The van der Waals surface area contributed by atoms with Gasteiger partial charge in [-0.1, -0.05) is 12.0 Å². The minimum atomic E-state index is -1.27. The summed E-state index contributed by atoms with van der Waals surface area (Å²) in [6.07, 6.45) is 0.508. The maximum atomic E-state index is 13.1. The highest BCUT2D eigenvalue weighted by Crippen LogP contribution is 2.23. The van der Waals surface area contributed by atoms with Crippen LogP contribution in [0.15, 0.2) is 24.3 Å². The first-order chi connectivity index (χ1) is 12.4. The first-order valence-corrected chi connectivity index (χ1v) is 7.93. The van der Waals surface area contributed by atoms with E-state index >= 15 is 0 Å². The van der Waals surface area contributed by atoms with Crippen LogP contribution in [0.5, 0.6) is 0 Å². The fourth-order valence-electron chi connectivity index (χ4n) is 2.50. The van der Waals surface area contributed by atoms with Gasteiger partial charge < -0.3 is 30.9 Å². The van der Waals surface area contributed by atoms with E-state index in [9.17, 15) is 24.2 Å². The summed E-state index contributed by atoms with van der Waals surface area (Å²) in [5, 5.41) is 27.3. The lowest BCUT2D eigenvalue weighted by atomic mass is 10.1. The van der Waals surface area contributed by atoms with Gasteiger partial charge in [-0.25, -0.2) is 9.18 Å². The number of ether oxygens (including phenoxy) is 1. The summed E-state index contributed by atoms with van der Waals surface area (Å²) in [5.41, 5.74) is 0.262. The molecule has 0 aliphatic carbocycles. The lowest BCUT2D eigenvalue weighted by Gasteiger charge is -2.15. The van der Waals surface area contributed by atoms with Crippen LogP contribution in [0, 0.1) is 18.2 Å². The summed E-state index contributed by atoms with van der Waals surface area (Å²) < 4.78 is 18.5. The number of aliphatic hydroxyl groups excluding tert-OH is 2. The Kier molecular flexibility index (Phi) is 6.91. The number of carbonyl (C=O) groups is 2. The first-order valence-electron chi connectivity index (χ1n) is 7.93. The third-order valence-corrected chi connectivity index (χ3v) is 3.78. The molecule has 26 heavy (non-hydrogen) atoms. The summed E-state index contributed by atoms with van der Waals surface area (Å²) in [6, 6.07) is 4.72. The molecule has 1 aliphatic heterocycles. The van der Waals surface area contributed by atoms with E-state index in [1.165, 1.54) is 18.2 Å². The van der Waals surface area contributed by atoms with Gasteiger partial charge >= 0.3 is 6.03 Å². The molecule has 1 aromatic carbocycles. The summed E-state index contributed by atoms with van der Waals surface area (Å²) in [7, 11) is 0. The summed E-state index contributed by atoms with van der Waals surface area (Å²) in [6.45, 7) is -0.0582. The fraction of sp³-hybridized carbons (Fsp3) is 0.412. The normalized spacial score (nSPS) is 24.5. The van der Waals surface area contributed by atoms with Crippen molar-refractivity contribution in [2.45, 2.75) is 30.8 Å². The van der Waals surface area contributed by atoms with Gasteiger partial charge in [0.2, 0.25) is 5.91 Å². The molecule has 0 radical (unpaired) electrons. The summed E-state index contributed by atoms with van der Waals surface area (Å²) in [5.74, 6) is 1.33. The molecule has 1 saturated heterocycles. The van der Waals surface area contributed by atoms with Crippen molar-refractivity contribution in [3.63, 3.8) is 0 Å². The Balaban J connectivity index is 1.81. The number of anilines is 1. The van der Waals surface area contributed by atoms with E-state index < -0.39 is 42.2 Å². The van der Waals surface area contributed by atoms with Crippen molar-refractivity contribution in [2.75, 3.05) is 18.4 Å². The molecule has 4 unspecified atom stereocenters. The van der Waals surface area contributed by atoms with Crippen molar-refractivity contribution in [3.8, 4) is 12.3 Å². The van der Waals surface area contributed by atoms with Crippen molar-refractivity contribution in [1.29, 1.82) is 0 Å². The second-order valence-corrected chi connectivity index (χ2v) is 5.72. The lowest BCUT2D eigenvalue weighted by molar-refractivity contribution is -0.124. The van der Waals surface area contributed by atoms with Gasteiger partial charge in [-0.3, -0.25) is 4.79 Å². The number of rotatable bonds is 6. The summed E-state index contributed by atoms with van der Waals surface area (Å²) in [4.78, 5) is 23.4. The minimum Gasteiger partial charge on any atom is -0.388 e. The van der Waals surface area contributed by atoms with E-state index in [2.05, 4.69) is 21.9 Å². The molecule has 0 spiro atoms. The second-order valence-electron chi connectivity index (χ2n) is 5.72. The Hall–Kier alpha value is -2.67. The SMILES string of the molecule is C#CCNC(=O)CC1OC(CNC(=O)Nc2cccc(F)c2)C(O)C1O. The highest BCUT2D eigenvalue weighted by molar-refractivity contribution is 5.89. The summed E-state index contributed by atoms with van der Waals surface area (Å²) >= 11 is 0. The van der Waals surface area contributed by atoms with Crippen LogP contribution in [0.2, 0.25) is 0 Å². The van der Waals surface area contributed by atoms with Crippen LogP contribution in [0.3, 0.4) is 0 Å². The number of hydrogen-bond donors (Lipinski definition) is 5. The number of carbonyl (C=O) groups excluding carboxylic acids is 2. The van der Waals surface area contributed by atoms with Gasteiger partial charge in [0.15, 0.2) is 0 Å². The number of hydrogen-bond acceptors (Lipinski definition) is 5. The highest BCUT2D eigenvalue weighted by atomic mass is 19.1. The van der Waals surface area contributed by atoms with Crippen LogP contribution in [0.25, 0.3) is 0 Å². The molecule has 0 saturated carbocycles. The Labute approximate surface area is 149 Å². The van der Waals surface area contributed by atoms with Gasteiger partial charge in [0, 0.05) is 12.2 Å². The Morgan fingerprint density at radius 3 is 2.65 bits per heavy atom.